The van der Waals surface area contributed by atoms with Crippen molar-refractivity contribution in [2.45, 2.75) is 13.5 Å². The molecule has 2 aromatic carbocycles. The van der Waals surface area contributed by atoms with Crippen molar-refractivity contribution in [1.29, 1.82) is 0 Å². The van der Waals surface area contributed by atoms with Gasteiger partial charge in [0.25, 0.3) is 0 Å². The van der Waals surface area contributed by atoms with Gasteiger partial charge < -0.3 is 9.64 Å². The fraction of sp³-hybridized carbons (Fsp3) is 0.235. The smallest absolute Gasteiger partial charge is 0.138 e. The van der Waals surface area contributed by atoms with Gasteiger partial charge in [0, 0.05) is 14.1 Å². The highest BCUT2D eigenvalue weighted by molar-refractivity contribution is 6.32. The first-order valence-electron chi connectivity index (χ1n) is 6.73. The van der Waals surface area contributed by atoms with E-state index in [1.54, 1.807) is 12.4 Å². The predicted octanol–water partition coefficient (Wildman–Crippen LogP) is 4.45. The second-order valence-electron chi connectivity index (χ2n) is 5.10. The van der Waals surface area contributed by atoms with Crippen LogP contribution in [-0.2, 0) is 6.61 Å². The highest BCUT2D eigenvalue weighted by Crippen LogP contribution is 2.29. The van der Waals surface area contributed by atoms with Crippen LogP contribution in [0.2, 0.25) is 5.02 Å². The van der Waals surface area contributed by atoms with Gasteiger partial charge in [-0.2, -0.15) is 0 Å². The van der Waals surface area contributed by atoms with E-state index in [0.717, 1.165) is 11.3 Å². The molecule has 2 rings (SSSR count). The van der Waals surface area contributed by atoms with E-state index in [4.69, 9.17) is 16.3 Å². The lowest BCUT2D eigenvalue weighted by Crippen LogP contribution is -2.06. The number of rotatable bonds is 5. The van der Waals surface area contributed by atoms with E-state index in [0.29, 0.717) is 17.4 Å². The Hall–Kier alpha value is -2.00. The second-order valence-corrected chi connectivity index (χ2v) is 5.51. The molecule has 21 heavy (non-hydrogen) atoms. The number of nitrogens with zero attached hydrogens (tertiary/aromatic N) is 2. The maximum atomic E-state index is 6.23. The quantitative estimate of drug-likeness (QED) is 0.602. The molecule has 0 fully saturated rings. The van der Waals surface area contributed by atoms with Crippen LogP contribution in [0.3, 0.4) is 0 Å². The molecule has 0 bridgehead atoms. The SMILES string of the molecule is Cc1cccc(COc2ccc(/N=C/N(C)C)cc2Cl)c1. The fourth-order valence-corrected chi connectivity index (χ4v) is 2.06. The molecule has 0 atom stereocenters. The number of benzene rings is 2. The second kappa shape index (κ2) is 7.14. The molecule has 0 aliphatic carbocycles. The third kappa shape index (κ3) is 4.80. The summed E-state index contributed by atoms with van der Waals surface area (Å²) < 4.78 is 5.76. The van der Waals surface area contributed by atoms with Crippen molar-refractivity contribution in [3.05, 3.63) is 58.6 Å². The molecule has 110 valence electrons. The number of aryl methyl sites for hydroxylation is 1. The summed E-state index contributed by atoms with van der Waals surface area (Å²) in [5, 5.41) is 0.566. The maximum Gasteiger partial charge on any atom is 0.138 e. The van der Waals surface area contributed by atoms with Crippen LogP contribution in [0.25, 0.3) is 0 Å². The Morgan fingerprint density at radius 3 is 2.67 bits per heavy atom. The van der Waals surface area contributed by atoms with Crippen LogP contribution in [0.4, 0.5) is 5.69 Å². The first-order chi connectivity index (χ1) is 10.0. The standard InChI is InChI=1S/C17H19ClN2O/c1-13-5-4-6-14(9-13)11-21-17-8-7-15(10-16(17)18)19-12-20(2)3/h4-10,12H,11H2,1-3H3/b19-12+. The first-order valence-corrected chi connectivity index (χ1v) is 7.11. The first kappa shape index (κ1) is 15.4. The van der Waals surface area contributed by atoms with E-state index in [1.165, 1.54) is 5.56 Å². The number of hydrogen-bond donors (Lipinski definition) is 0. The van der Waals surface area contributed by atoms with Crippen LogP contribution in [0.15, 0.2) is 47.5 Å². The van der Waals surface area contributed by atoms with Crippen LogP contribution in [0.1, 0.15) is 11.1 Å². The Morgan fingerprint density at radius 1 is 1.19 bits per heavy atom. The molecule has 3 nitrogen and oxygen atoms in total. The number of halogens is 1. The molecule has 0 amide bonds. The Labute approximate surface area is 130 Å². The van der Waals surface area contributed by atoms with E-state index in [1.807, 2.05) is 43.3 Å². The number of hydrogen-bond acceptors (Lipinski definition) is 2. The van der Waals surface area contributed by atoms with E-state index in [9.17, 15) is 0 Å². The van der Waals surface area contributed by atoms with Crippen molar-refractivity contribution in [3.63, 3.8) is 0 Å². The third-order valence-corrected chi connectivity index (χ3v) is 3.13. The minimum absolute atomic E-state index is 0.502. The summed E-state index contributed by atoms with van der Waals surface area (Å²) in [5.74, 6) is 0.668. The zero-order chi connectivity index (χ0) is 15.2. The average Bonchev–Trinajstić information content (AvgIpc) is 2.44. The molecule has 0 heterocycles. The summed E-state index contributed by atoms with van der Waals surface area (Å²) in [6.07, 6.45) is 1.74. The van der Waals surface area contributed by atoms with Gasteiger partial charge in [-0.25, -0.2) is 4.99 Å². The lowest BCUT2D eigenvalue weighted by Gasteiger charge is -2.09. The maximum absolute atomic E-state index is 6.23. The van der Waals surface area contributed by atoms with Gasteiger partial charge in [-0.1, -0.05) is 41.4 Å². The molecular weight excluding hydrogens is 284 g/mol. The molecule has 0 spiro atoms. The van der Waals surface area contributed by atoms with Crippen molar-refractivity contribution in [2.24, 2.45) is 4.99 Å². The van der Waals surface area contributed by atoms with Crippen molar-refractivity contribution < 1.29 is 4.74 Å². The molecule has 2 aromatic rings. The Kier molecular flexibility index (Phi) is 5.23. The van der Waals surface area contributed by atoms with Gasteiger partial charge in [0.05, 0.1) is 17.0 Å². The molecule has 4 heteroatoms. The van der Waals surface area contributed by atoms with E-state index < -0.39 is 0 Å². The largest absolute Gasteiger partial charge is 0.487 e. The van der Waals surface area contributed by atoms with Crippen molar-refractivity contribution in [3.8, 4) is 5.75 Å². The summed E-state index contributed by atoms with van der Waals surface area (Å²) in [4.78, 5) is 6.17. The van der Waals surface area contributed by atoms with E-state index in [-0.39, 0.29) is 0 Å². The zero-order valence-corrected chi connectivity index (χ0v) is 13.3. The minimum Gasteiger partial charge on any atom is -0.487 e. The summed E-state index contributed by atoms with van der Waals surface area (Å²) in [6, 6.07) is 13.8. The van der Waals surface area contributed by atoms with Crippen LogP contribution in [-0.4, -0.2) is 25.3 Å². The van der Waals surface area contributed by atoms with Gasteiger partial charge >= 0.3 is 0 Å². The van der Waals surface area contributed by atoms with Gasteiger partial charge in [0.1, 0.15) is 12.4 Å². The fourth-order valence-electron chi connectivity index (χ4n) is 1.83. The van der Waals surface area contributed by atoms with Crippen molar-refractivity contribution in [1.82, 2.24) is 4.90 Å². The van der Waals surface area contributed by atoms with Gasteiger partial charge in [-0.05, 0) is 30.7 Å². The van der Waals surface area contributed by atoms with E-state index >= 15 is 0 Å². The zero-order valence-electron chi connectivity index (χ0n) is 12.5. The van der Waals surface area contributed by atoms with Crippen LogP contribution in [0, 0.1) is 6.92 Å². The third-order valence-electron chi connectivity index (χ3n) is 2.83. The van der Waals surface area contributed by atoms with Crippen molar-refractivity contribution in [2.75, 3.05) is 14.1 Å². The number of ether oxygens (including phenoxy) is 1. The summed E-state index contributed by atoms with van der Waals surface area (Å²) >= 11 is 6.23. The van der Waals surface area contributed by atoms with Crippen LogP contribution in [0.5, 0.6) is 5.75 Å². The summed E-state index contributed by atoms with van der Waals surface area (Å²) in [6.45, 7) is 2.57. The summed E-state index contributed by atoms with van der Waals surface area (Å²) in [5.41, 5.74) is 3.15. The van der Waals surface area contributed by atoms with Crippen LogP contribution < -0.4 is 4.74 Å². The highest BCUT2D eigenvalue weighted by Gasteiger charge is 2.03. The molecule has 0 unspecified atom stereocenters. The summed E-state index contributed by atoms with van der Waals surface area (Å²) in [7, 11) is 3.84. The molecular formula is C17H19ClN2O. The molecule has 0 radical (unpaired) electrons. The molecule has 0 aromatic heterocycles. The number of aliphatic imine (C=N–C) groups is 1. The topological polar surface area (TPSA) is 24.8 Å². The van der Waals surface area contributed by atoms with Gasteiger partial charge in [0.2, 0.25) is 0 Å². The van der Waals surface area contributed by atoms with Crippen LogP contribution >= 0.6 is 11.6 Å². The Balaban J connectivity index is 2.04. The van der Waals surface area contributed by atoms with Gasteiger partial charge in [-0.15, -0.1) is 0 Å². The molecule has 0 saturated carbocycles. The normalized spacial score (nSPS) is 10.9. The molecule has 0 aliphatic rings. The minimum atomic E-state index is 0.502. The lowest BCUT2D eigenvalue weighted by atomic mass is 10.1. The highest BCUT2D eigenvalue weighted by atomic mass is 35.5. The van der Waals surface area contributed by atoms with Gasteiger partial charge in [-0.3, -0.25) is 0 Å². The Morgan fingerprint density at radius 2 is 2.00 bits per heavy atom. The van der Waals surface area contributed by atoms with Gasteiger partial charge in [0.15, 0.2) is 0 Å². The van der Waals surface area contributed by atoms with Crippen molar-refractivity contribution >= 4 is 23.6 Å². The monoisotopic (exact) mass is 302 g/mol. The molecule has 0 N–H and O–H groups in total. The molecule has 0 aliphatic heterocycles. The Bertz CT molecular complexity index is 638. The predicted molar refractivity (Wildman–Crippen MR) is 88.8 cm³/mol. The lowest BCUT2D eigenvalue weighted by molar-refractivity contribution is 0.306. The molecule has 0 saturated heterocycles. The van der Waals surface area contributed by atoms with E-state index in [2.05, 4.69) is 24.0 Å². The average molecular weight is 303 g/mol.